The summed E-state index contributed by atoms with van der Waals surface area (Å²) in [5.74, 6) is 0.411. The second-order valence-corrected chi connectivity index (χ2v) is 8.57. The van der Waals surface area contributed by atoms with Crippen molar-refractivity contribution in [2.75, 3.05) is 37.1 Å². The number of hydrogen-bond acceptors (Lipinski definition) is 6. The molecular formula is C21H27N3O6S. The summed E-state index contributed by atoms with van der Waals surface area (Å²) in [6, 6.07) is 9.77. The second-order valence-electron chi connectivity index (χ2n) is 6.82. The molecule has 0 fully saturated rings. The van der Waals surface area contributed by atoms with E-state index >= 15 is 0 Å². The highest BCUT2D eigenvalue weighted by Gasteiger charge is 2.21. The van der Waals surface area contributed by atoms with E-state index < -0.39 is 15.9 Å². The smallest absolute Gasteiger partial charge is 0.256 e. The van der Waals surface area contributed by atoms with Crippen LogP contribution in [0.3, 0.4) is 0 Å². The lowest BCUT2D eigenvalue weighted by Gasteiger charge is -2.23. The molecule has 2 amide bonds. The van der Waals surface area contributed by atoms with Gasteiger partial charge in [0.1, 0.15) is 0 Å². The maximum atomic E-state index is 13.3. The van der Waals surface area contributed by atoms with Gasteiger partial charge in [0.2, 0.25) is 15.9 Å². The van der Waals surface area contributed by atoms with Gasteiger partial charge in [-0.25, -0.2) is 8.42 Å². The van der Waals surface area contributed by atoms with E-state index in [9.17, 15) is 18.0 Å². The highest BCUT2D eigenvalue weighted by atomic mass is 32.2. The van der Waals surface area contributed by atoms with Crippen LogP contribution in [0.25, 0.3) is 0 Å². The maximum absolute atomic E-state index is 13.3. The number of carbonyl (C=O) groups is 2. The summed E-state index contributed by atoms with van der Waals surface area (Å²) < 4.78 is 36.5. The molecule has 0 spiro atoms. The Bertz CT molecular complexity index is 1070. The van der Waals surface area contributed by atoms with Crippen LogP contribution in [0, 0.1) is 0 Å². The first-order chi connectivity index (χ1) is 14.6. The summed E-state index contributed by atoms with van der Waals surface area (Å²) in [6.45, 7) is 3.80. The highest BCUT2D eigenvalue weighted by Crippen LogP contribution is 2.29. The van der Waals surface area contributed by atoms with Gasteiger partial charge < -0.3 is 19.7 Å². The largest absolute Gasteiger partial charge is 0.493 e. The molecule has 168 valence electrons. The van der Waals surface area contributed by atoms with E-state index in [4.69, 9.17) is 9.47 Å². The number of hydrogen-bond donors (Lipinski definition) is 2. The lowest BCUT2D eigenvalue weighted by Crippen LogP contribution is -2.31. The molecule has 0 atom stereocenters. The molecule has 10 heteroatoms. The van der Waals surface area contributed by atoms with Crippen LogP contribution in [0.15, 0.2) is 36.4 Å². The quantitative estimate of drug-likeness (QED) is 0.608. The van der Waals surface area contributed by atoms with Crippen molar-refractivity contribution < 1.29 is 27.5 Å². The first kappa shape index (κ1) is 24.0. The average Bonchev–Trinajstić information content (AvgIpc) is 2.71. The number of amides is 2. The van der Waals surface area contributed by atoms with Crippen LogP contribution >= 0.6 is 0 Å². The number of anilines is 2. The number of nitrogens with one attached hydrogen (secondary N) is 2. The van der Waals surface area contributed by atoms with Gasteiger partial charge >= 0.3 is 0 Å². The van der Waals surface area contributed by atoms with Crippen molar-refractivity contribution in [1.82, 2.24) is 4.90 Å². The van der Waals surface area contributed by atoms with Crippen molar-refractivity contribution in [2.24, 2.45) is 0 Å². The van der Waals surface area contributed by atoms with E-state index in [2.05, 4.69) is 10.0 Å². The Kier molecular flexibility index (Phi) is 7.87. The van der Waals surface area contributed by atoms with Gasteiger partial charge in [-0.15, -0.1) is 0 Å². The fourth-order valence-electron chi connectivity index (χ4n) is 2.99. The van der Waals surface area contributed by atoms with Crippen LogP contribution in [0.4, 0.5) is 11.4 Å². The second kappa shape index (κ2) is 10.2. The van der Waals surface area contributed by atoms with Crippen molar-refractivity contribution in [1.29, 1.82) is 0 Å². The molecule has 2 aromatic rings. The summed E-state index contributed by atoms with van der Waals surface area (Å²) in [6.07, 6.45) is 1.00. The summed E-state index contributed by atoms with van der Waals surface area (Å²) >= 11 is 0. The molecule has 0 aliphatic heterocycles. The molecule has 0 bridgehead atoms. The zero-order chi connectivity index (χ0) is 23.2. The summed E-state index contributed by atoms with van der Waals surface area (Å²) in [5, 5.41) is 2.61. The molecule has 9 nitrogen and oxygen atoms in total. The zero-order valence-electron chi connectivity index (χ0n) is 18.2. The molecule has 31 heavy (non-hydrogen) atoms. The molecule has 0 radical (unpaired) electrons. The van der Waals surface area contributed by atoms with Gasteiger partial charge in [0.15, 0.2) is 11.5 Å². The predicted octanol–water partition coefficient (Wildman–Crippen LogP) is 2.70. The summed E-state index contributed by atoms with van der Waals surface area (Å²) in [5.41, 5.74) is 1.45. The summed E-state index contributed by atoms with van der Waals surface area (Å²) in [4.78, 5) is 26.3. The van der Waals surface area contributed by atoms with Crippen molar-refractivity contribution in [2.45, 2.75) is 20.4 Å². The van der Waals surface area contributed by atoms with Crippen LogP contribution in [0.1, 0.15) is 29.8 Å². The first-order valence-electron chi connectivity index (χ1n) is 9.47. The molecule has 0 heterocycles. The Hall–Kier alpha value is -3.27. The number of ether oxygens (including phenoxy) is 2. The highest BCUT2D eigenvalue weighted by molar-refractivity contribution is 7.92. The molecule has 0 aliphatic rings. The van der Waals surface area contributed by atoms with Crippen LogP contribution in [0.2, 0.25) is 0 Å². The van der Waals surface area contributed by atoms with E-state index in [1.54, 1.807) is 17.0 Å². The minimum absolute atomic E-state index is 0.124. The van der Waals surface area contributed by atoms with Gasteiger partial charge in [-0.05, 0) is 42.8 Å². The van der Waals surface area contributed by atoms with E-state index in [-0.39, 0.29) is 23.7 Å². The zero-order valence-corrected chi connectivity index (χ0v) is 19.0. The van der Waals surface area contributed by atoms with Crippen molar-refractivity contribution in [3.05, 3.63) is 47.5 Å². The number of benzene rings is 2. The van der Waals surface area contributed by atoms with Crippen molar-refractivity contribution >= 4 is 33.2 Å². The number of nitrogens with zero attached hydrogens (tertiary/aromatic N) is 1. The number of carbonyl (C=O) groups excluding carboxylic acids is 2. The third kappa shape index (κ3) is 6.61. The summed E-state index contributed by atoms with van der Waals surface area (Å²) in [7, 11) is -0.547. The predicted molar refractivity (Wildman–Crippen MR) is 119 cm³/mol. The average molecular weight is 450 g/mol. The van der Waals surface area contributed by atoms with Crippen LogP contribution in [-0.2, 0) is 21.4 Å². The Morgan fingerprint density at radius 3 is 2.26 bits per heavy atom. The SMILES string of the molecule is CCN(Cc1ccc(OC)c(OC)c1)C(=O)c1cc(NC(C)=O)ccc1NS(C)(=O)=O. The minimum Gasteiger partial charge on any atom is -0.493 e. The van der Waals surface area contributed by atoms with E-state index in [1.807, 2.05) is 13.0 Å². The number of methoxy groups -OCH3 is 2. The molecule has 0 saturated carbocycles. The van der Waals surface area contributed by atoms with E-state index in [1.165, 1.54) is 39.3 Å². The molecule has 0 aromatic heterocycles. The van der Waals surface area contributed by atoms with Gasteiger partial charge in [0.25, 0.3) is 5.91 Å². The standard InChI is InChI=1S/C21H27N3O6S/c1-6-24(13-15-7-10-19(29-3)20(11-15)30-4)21(26)17-12-16(22-14(2)25)8-9-18(17)23-31(5,27)28/h7-12,23H,6,13H2,1-5H3,(H,22,25). The minimum atomic E-state index is -3.62. The molecule has 0 saturated heterocycles. The van der Waals surface area contributed by atoms with Crippen molar-refractivity contribution in [3.63, 3.8) is 0 Å². The monoisotopic (exact) mass is 449 g/mol. The molecular weight excluding hydrogens is 422 g/mol. The topological polar surface area (TPSA) is 114 Å². The molecule has 2 aromatic carbocycles. The lowest BCUT2D eigenvalue weighted by molar-refractivity contribution is -0.114. The third-order valence-corrected chi connectivity index (χ3v) is 4.95. The number of rotatable bonds is 9. The van der Waals surface area contributed by atoms with Crippen LogP contribution in [0.5, 0.6) is 11.5 Å². The lowest BCUT2D eigenvalue weighted by atomic mass is 10.1. The molecule has 0 aliphatic carbocycles. The Labute approximate surface area is 182 Å². The molecule has 2 N–H and O–H groups in total. The first-order valence-corrected chi connectivity index (χ1v) is 11.4. The normalized spacial score (nSPS) is 10.9. The van der Waals surface area contributed by atoms with Gasteiger partial charge in [-0.3, -0.25) is 14.3 Å². The Morgan fingerprint density at radius 1 is 1.03 bits per heavy atom. The van der Waals surface area contributed by atoms with E-state index in [0.717, 1.165) is 11.8 Å². The van der Waals surface area contributed by atoms with Crippen molar-refractivity contribution in [3.8, 4) is 11.5 Å². The fraction of sp³-hybridized carbons (Fsp3) is 0.333. The number of sulfonamides is 1. The Balaban J connectivity index is 2.42. The van der Waals surface area contributed by atoms with Crippen LogP contribution < -0.4 is 19.5 Å². The van der Waals surface area contributed by atoms with E-state index in [0.29, 0.717) is 23.7 Å². The van der Waals surface area contributed by atoms with Gasteiger partial charge in [-0.1, -0.05) is 6.07 Å². The Morgan fingerprint density at radius 2 is 1.71 bits per heavy atom. The molecule has 2 rings (SSSR count). The van der Waals surface area contributed by atoms with Gasteiger partial charge in [0, 0.05) is 25.7 Å². The third-order valence-electron chi connectivity index (χ3n) is 4.36. The van der Waals surface area contributed by atoms with Crippen LogP contribution in [-0.4, -0.2) is 52.2 Å². The van der Waals surface area contributed by atoms with Gasteiger partial charge in [0.05, 0.1) is 31.7 Å². The maximum Gasteiger partial charge on any atom is 0.256 e. The molecule has 0 unspecified atom stereocenters. The fourth-order valence-corrected chi connectivity index (χ4v) is 3.57. The van der Waals surface area contributed by atoms with Gasteiger partial charge in [-0.2, -0.15) is 0 Å².